The first-order valence-electron chi connectivity index (χ1n) is 8.55. The van der Waals surface area contributed by atoms with Gasteiger partial charge in [0, 0.05) is 11.4 Å². The predicted molar refractivity (Wildman–Crippen MR) is 94.2 cm³/mol. The van der Waals surface area contributed by atoms with Gasteiger partial charge < -0.3 is 20.5 Å². The molecule has 128 valence electrons. The van der Waals surface area contributed by atoms with Gasteiger partial charge in [-0.1, -0.05) is 36.4 Å². The number of nitrogens with one attached hydrogen (secondary N) is 2. The third-order valence-corrected chi connectivity index (χ3v) is 4.43. The Balaban J connectivity index is 1.41. The van der Waals surface area contributed by atoms with Crippen LogP contribution in [0.5, 0.6) is 5.75 Å². The van der Waals surface area contributed by atoms with Crippen LogP contribution in [0.15, 0.2) is 42.5 Å². The summed E-state index contributed by atoms with van der Waals surface area (Å²) < 4.78 is 5.80. The van der Waals surface area contributed by atoms with Crippen molar-refractivity contribution in [3.05, 3.63) is 42.5 Å². The van der Waals surface area contributed by atoms with Crippen LogP contribution in [0.4, 0.5) is 4.79 Å². The first-order chi connectivity index (χ1) is 11.7. The van der Waals surface area contributed by atoms with E-state index in [0.29, 0.717) is 13.2 Å². The van der Waals surface area contributed by atoms with Crippen molar-refractivity contribution in [1.29, 1.82) is 0 Å². The molecule has 1 aliphatic carbocycles. The van der Waals surface area contributed by atoms with Gasteiger partial charge in [-0.05, 0) is 37.1 Å². The summed E-state index contributed by atoms with van der Waals surface area (Å²) in [6.45, 7) is 0.870. The zero-order valence-electron chi connectivity index (χ0n) is 13.7. The third-order valence-electron chi connectivity index (χ3n) is 4.43. The van der Waals surface area contributed by atoms with Crippen LogP contribution < -0.4 is 15.4 Å². The lowest BCUT2D eigenvalue weighted by atomic mass is 9.93. The van der Waals surface area contributed by atoms with Crippen LogP contribution in [0.3, 0.4) is 0 Å². The summed E-state index contributed by atoms with van der Waals surface area (Å²) in [6, 6.07) is 14.0. The number of rotatable bonds is 5. The predicted octanol–water partition coefficient (Wildman–Crippen LogP) is 2.82. The smallest absolute Gasteiger partial charge is 0.315 e. The Labute approximate surface area is 142 Å². The molecule has 0 aliphatic heterocycles. The number of aliphatic hydroxyl groups excluding tert-OH is 1. The van der Waals surface area contributed by atoms with Gasteiger partial charge in [0.15, 0.2) is 0 Å². The van der Waals surface area contributed by atoms with Gasteiger partial charge in [-0.15, -0.1) is 0 Å². The van der Waals surface area contributed by atoms with E-state index < -0.39 is 0 Å². The number of urea groups is 1. The van der Waals surface area contributed by atoms with Crippen molar-refractivity contribution in [2.24, 2.45) is 0 Å². The molecule has 0 unspecified atom stereocenters. The zero-order valence-corrected chi connectivity index (χ0v) is 13.7. The lowest BCUT2D eigenvalue weighted by Crippen LogP contribution is -2.45. The minimum absolute atomic E-state index is 0.160. The van der Waals surface area contributed by atoms with Crippen LogP contribution in [0, 0.1) is 0 Å². The molecule has 3 N–H and O–H groups in total. The fraction of sp³-hybridized carbons (Fsp3) is 0.421. The molecular weight excluding hydrogens is 304 g/mol. The Morgan fingerprint density at radius 3 is 2.67 bits per heavy atom. The molecule has 1 saturated carbocycles. The molecule has 1 aliphatic rings. The molecule has 0 heterocycles. The summed E-state index contributed by atoms with van der Waals surface area (Å²) in [5.41, 5.74) is 0. The van der Waals surface area contributed by atoms with Crippen molar-refractivity contribution in [3.8, 4) is 5.75 Å². The maximum Gasteiger partial charge on any atom is 0.315 e. The number of hydrogen-bond donors (Lipinski definition) is 3. The van der Waals surface area contributed by atoms with Crippen molar-refractivity contribution >= 4 is 16.8 Å². The average Bonchev–Trinajstić information content (AvgIpc) is 2.61. The van der Waals surface area contributed by atoms with E-state index in [-0.39, 0.29) is 18.2 Å². The molecule has 2 aromatic carbocycles. The van der Waals surface area contributed by atoms with Gasteiger partial charge in [-0.25, -0.2) is 4.79 Å². The SMILES string of the molecule is O=C(NCCOc1cccc2ccccc12)NC1CCC(O)CC1. The molecule has 2 aromatic rings. The summed E-state index contributed by atoms with van der Waals surface area (Å²) in [6.07, 6.45) is 2.98. The monoisotopic (exact) mass is 328 g/mol. The van der Waals surface area contributed by atoms with E-state index in [9.17, 15) is 9.90 Å². The molecule has 24 heavy (non-hydrogen) atoms. The maximum absolute atomic E-state index is 11.9. The summed E-state index contributed by atoms with van der Waals surface area (Å²) in [7, 11) is 0. The molecule has 1 fully saturated rings. The molecule has 5 nitrogen and oxygen atoms in total. The summed E-state index contributed by atoms with van der Waals surface area (Å²) in [4.78, 5) is 11.9. The largest absolute Gasteiger partial charge is 0.491 e. The summed E-state index contributed by atoms with van der Waals surface area (Å²) in [5.74, 6) is 0.830. The maximum atomic E-state index is 11.9. The Morgan fingerprint density at radius 2 is 1.83 bits per heavy atom. The average molecular weight is 328 g/mol. The van der Waals surface area contributed by atoms with Gasteiger partial charge >= 0.3 is 6.03 Å². The number of carbonyl (C=O) groups excluding carboxylic acids is 1. The quantitative estimate of drug-likeness (QED) is 0.739. The Hall–Kier alpha value is -2.27. The molecular formula is C19H24N2O3. The second-order valence-corrected chi connectivity index (χ2v) is 6.23. The van der Waals surface area contributed by atoms with Crippen molar-refractivity contribution in [3.63, 3.8) is 0 Å². The van der Waals surface area contributed by atoms with Gasteiger partial charge in [0.2, 0.25) is 0 Å². The van der Waals surface area contributed by atoms with Gasteiger partial charge in [0.25, 0.3) is 0 Å². The zero-order chi connectivity index (χ0) is 16.8. The highest BCUT2D eigenvalue weighted by atomic mass is 16.5. The fourth-order valence-electron chi connectivity index (χ4n) is 3.10. The number of hydrogen-bond acceptors (Lipinski definition) is 3. The third kappa shape index (κ3) is 4.38. The molecule has 0 aromatic heterocycles. The van der Waals surface area contributed by atoms with E-state index in [0.717, 1.165) is 42.2 Å². The molecule has 0 saturated heterocycles. The van der Waals surface area contributed by atoms with E-state index in [1.54, 1.807) is 0 Å². The van der Waals surface area contributed by atoms with E-state index in [2.05, 4.69) is 22.8 Å². The van der Waals surface area contributed by atoms with Gasteiger partial charge in [0.05, 0.1) is 12.6 Å². The van der Waals surface area contributed by atoms with Crippen LogP contribution in [-0.2, 0) is 0 Å². The first kappa shape index (κ1) is 16.6. The van der Waals surface area contributed by atoms with Gasteiger partial charge in [-0.3, -0.25) is 0 Å². The first-order valence-corrected chi connectivity index (χ1v) is 8.55. The minimum Gasteiger partial charge on any atom is -0.491 e. The van der Waals surface area contributed by atoms with Crippen molar-refractivity contribution < 1.29 is 14.6 Å². The second-order valence-electron chi connectivity index (χ2n) is 6.23. The normalized spacial score (nSPS) is 20.5. The summed E-state index contributed by atoms with van der Waals surface area (Å²) >= 11 is 0. The number of amides is 2. The van der Waals surface area contributed by atoms with Crippen LogP contribution >= 0.6 is 0 Å². The minimum atomic E-state index is -0.208. The van der Waals surface area contributed by atoms with Crippen LogP contribution in [0.2, 0.25) is 0 Å². The van der Waals surface area contributed by atoms with Crippen molar-refractivity contribution in [2.75, 3.05) is 13.2 Å². The number of benzene rings is 2. The van der Waals surface area contributed by atoms with Crippen LogP contribution in [-0.4, -0.2) is 36.4 Å². The Bertz CT molecular complexity index is 676. The van der Waals surface area contributed by atoms with Crippen LogP contribution in [0.1, 0.15) is 25.7 Å². The Kier molecular flexibility index (Phi) is 5.54. The second kappa shape index (κ2) is 8.02. The highest BCUT2D eigenvalue weighted by Crippen LogP contribution is 2.24. The van der Waals surface area contributed by atoms with E-state index >= 15 is 0 Å². The van der Waals surface area contributed by atoms with Gasteiger partial charge in [-0.2, -0.15) is 0 Å². The van der Waals surface area contributed by atoms with Crippen molar-refractivity contribution in [2.45, 2.75) is 37.8 Å². The molecule has 0 atom stereocenters. The lowest BCUT2D eigenvalue weighted by Gasteiger charge is -2.26. The lowest BCUT2D eigenvalue weighted by molar-refractivity contribution is 0.117. The number of aliphatic hydroxyl groups is 1. The summed E-state index contributed by atoms with van der Waals surface area (Å²) in [5, 5.41) is 17.5. The standard InChI is InChI=1S/C19H24N2O3/c22-16-10-8-15(9-11-16)21-19(23)20-12-13-24-18-7-3-5-14-4-1-2-6-17(14)18/h1-7,15-16,22H,8-13H2,(H2,20,21,23). The highest BCUT2D eigenvalue weighted by molar-refractivity contribution is 5.88. The molecule has 0 spiro atoms. The number of fused-ring (bicyclic) bond motifs is 1. The fourth-order valence-corrected chi connectivity index (χ4v) is 3.10. The molecule has 3 rings (SSSR count). The molecule has 5 heteroatoms. The van der Waals surface area contributed by atoms with Crippen molar-refractivity contribution in [1.82, 2.24) is 10.6 Å². The highest BCUT2D eigenvalue weighted by Gasteiger charge is 2.20. The van der Waals surface area contributed by atoms with Gasteiger partial charge in [0.1, 0.15) is 12.4 Å². The molecule has 0 bridgehead atoms. The number of ether oxygens (including phenoxy) is 1. The van der Waals surface area contributed by atoms with E-state index in [1.165, 1.54) is 0 Å². The van der Waals surface area contributed by atoms with E-state index in [1.807, 2.05) is 30.3 Å². The Morgan fingerprint density at radius 1 is 1.08 bits per heavy atom. The topological polar surface area (TPSA) is 70.6 Å². The van der Waals surface area contributed by atoms with Crippen LogP contribution in [0.25, 0.3) is 10.8 Å². The van der Waals surface area contributed by atoms with E-state index in [4.69, 9.17) is 4.74 Å². The number of carbonyl (C=O) groups is 1. The molecule has 2 amide bonds. The molecule has 0 radical (unpaired) electrons.